The third kappa shape index (κ3) is 2.19. The van der Waals surface area contributed by atoms with Crippen molar-refractivity contribution in [1.82, 2.24) is 9.78 Å². The summed E-state index contributed by atoms with van der Waals surface area (Å²) in [7, 11) is 0. The minimum Gasteiger partial charge on any atom is -0.478 e. The van der Waals surface area contributed by atoms with Gasteiger partial charge in [-0.1, -0.05) is 11.6 Å². The van der Waals surface area contributed by atoms with Gasteiger partial charge in [-0.25, -0.2) is 4.79 Å². The van der Waals surface area contributed by atoms with E-state index in [-0.39, 0.29) is 5.56 Å². The van der Waals surface area contributed by atoms with E-state index in [1.54, 1.807) is 10.9 Å². The second-order valence-electron chi connectivity index (χ2n) is 2.96. The second kappa shape index (κ2) is 3.78. The minimum atomic E-state index is -1.01. The van der Waals surface area contributed by atoms with E-state index in [4.69, 9.17) is 21.1 Å². The van der Waals surface area contributed by atoms with Gasteiger partial charge in [-0.3, -0.25) is 4.68 Å². The van der Waals surface area contributed by atoms with Crippen molar-refractivity contribution in [2.75, 3.05) is 0 Å². The maximum Gasteiger partial charge on any atom is 0.338 e. The average Bonchev–Trinajstić information content (AvgIpc) is 2.76. The summed E-state index contributed by atoms with van der Waals surface area (Å²) in [6, 6.07) is 1.46. The van der Waals surface area contributed by atoms with Gasteiger partial charge < -0.3 is 9.52 Å². The average molecular weight is 227 g/mol. The monoisotopic (exact) mass is 226 g/mol. The van der Waals surface area contributed by atoms with Gasteiger partial charge in [0.2, 0.25) is 0 Å². The fourth-order valence-corrected chi connectivity index (χ4v) is 1.32. The highest BCUT2D eigenvalue weighted by atomic mass is 35.5. The molecule has 78 valence electrons. The summed E-state index contributed by atoms with van der Waals surface area (Å²) < 4.78 is 6.62. The van der Waals surface area contributed by atoms with Crippen LogP contribution >= 0.6 is 11.6 Å². The van der Waals surface area contributed by atoms with Crippen LogP contribution in [0, 0.1) is 0 Å². The first-order valence-corrected chi connectivity index (χ1v) is 4.51. The van der Waals surface area contributed by atoms with Crippen LogP contribution in [0.2, 0.25) is 5.02 Å². The van der Waals surface area contributed by atoms with Gasteiger partial charge in [0.15, 0.2) is 0 Å². The number of rotatable bonds is 3. The van der Waals surface area contributed by atoms with E-state index in [9.17, 15) is 4.79 Å². The lowest BCUT2D eigenvalue weighted by atomic mass is 10.3. The van der Waals surface area contributed by atoms with E-state index in [1.807, 2.05) is 0 Å². The zero-order valence-corrected chi connectivity index (χ0v) is 8.31. The number of aromatic nitrogens is 2. The van der Waals surface area contributed by atoms with E-state index in [2.05, 4.69) is 5.10 Å². The smallest absolute Gasteiger partial charge is 0.338 e. The van der Waals surface area contributed by atoms with Crippen molar-refractivity contribution in [3.63, 3.8) is 0 Å². The molecule has 0 saturated heterocycles. The first-order valence-electron chi connectivity index (χ1n) is 4.14. The van der Waals surface area contributed by atoms with Crippen LogP contribution in [-0.2, 0) is 6.54 Å². The highest BCUT2D eigenvalue weighted by Gasteiger charge is 2.08. The van der Waals surface area contributed by atoms with Crippen LogP contribution in [0.3, 0.4) is 0 Å². The topological polar surface area (TPSA) is 68.3 Å². The number of hydrogen-bond acceptors (Lipinski definition) is 3. The molecule has 15 heavy (non-hydrogen) atoms. The van der Waals surface area contributed by atoms with Gasteiger partial charge in [-0.2, -0.15) is 5.10 Å². The SMILES string of the molecule is O=C(O)c1coc(Cn2cc(Cl)cn2)c1. The number of carbonyl (C=O) groups is 1. The molecular formula is C9H7ClN2O3. The largest absolute Gasteiger partial charge is 0.478 e. The van der Waals surface area contributed by atoms with Crippen molar-refractivity contribution in [3.8, 4) is 0 Å². The normalized spacial score (nSPS) is 10.5. The first-order chi connectivity index (χ1) is 7.15. The molecule has 0 aromatic carbocycles. The zero-order chi connectivity index (χ0) is 10.8. The van der Waals surface area contributed by atoms with Crippen molar-refractivity contribution in [3.05, 3.63) is 41.1 Å². The summed E-state index contributed by atoms with van der Waals surface area (Å²) >= 11 is 5.67. The maximum absolute atomic E-state index is 10.6. The summed E-state index contributed by atoms with van der Waals surface area (Å²) in [5.41, 5.74) is 0.128. The van der Waals surface area contributed by atoms with Crippen molar-refractivity contribution in [1.29, 1.82) is 0 Å². The minimum absolute atomic E-state index is 0.128. The van der Waals surface area contributed by atoms with Crippen molar-refractivity contribution in [2.24, 2.45) is 0 Å². The Morgan fingerprint density at radius 1 is 1.67 bits per heavy atom. The molecule has 2 aromatic rings. The molecule has 0 radical (unpaired) electrons. The molecule has 0 bridgehead atoms. The number of hydrogen-bond donors (Lipinski definition) is 1. The van der Waals surface area contributed by atoms with Crippen molar-refractivity contribution in [2.45, 2.75) is 6.54 Å². The van der Waals surface area contributed by atoms with Gasteiger partial charge >= 0.3 is 5.97 Å². The Hall–Kier alpha value is -1.75. The molecule has 0 aliphatic rings. The Morgan fingerprint density at radius 2 is 2.47 bits per heavy atom. The summed E-state index contributed by atoms with van der Waals surface area (Å²) in [5, 5.41) is 13.1. The Balaban J connectivity index is 2.14. The van der Waals surface area contributed by atoms with Crippen LogP contribution in [0.25, 0.3) is 0 Å². The van der Waals surface area contributed by atoms with Crippen molar-refractivity contribution < 1.29 is 14.3 Å². The van der Waals surface area contributed by atoms with Gasteiger partial charge in [0, 0.05) is 6.20 Å². The molecule has 2 heterocycles. The lowest BCUT2D eigenvalue weighted by molar-refractivity contribution is 0.0696. The summed E-state index contributed by atoms with van der Waals surface area (Å²) in [6.45, 7) is 0.361. The molecule has 0 saturated carbocycles. The number of aromatic carboxylic acids is 1. The molecule has 2 rings (SSSR count). The van der Waals surface area contributed by atoms with Crippen LogP contribution in [0.15, 0.2) is 29.1 Å². The van der Waals surface area contributed by atoms with E-state index < -0.39 is 5.97 Å². The predicted molar refractivity (Wildman–Crippen MR) is 52.0 cm³/mol. The summed E-state index contributed by atoms with van der Waals surface area (Å²) in [4.78, 5) is 10.6. The van der Waals surface area contributed by atoms with E-state index >= 15 is 0 Å². The maximum atomic E-state index is 10.6. The van der Waals surface area contributed by atoms with Crippen molar-refractivity contribution >= 4 is 17.6 Å². The third-order valence-electron chi connectivity index (χ3n) is 1.82. The highest BCUT2D eigenvalue weighted by Crippen LogP contribution is 2.11. The molecule has 6 heteroatoms. The molecule has 5 nitrogen and oxygen atoms in total. The number of furan rings is 1. The van der Waals surface area contributed by atoms with E-state index in [0.717, 1.165) is 0 Å². The zero-order valence-electron chi connectivity index (χ0n) is 7.55. The Morgan fingerprint density at radius 3 is 3.00 bits per heavy atom. The van der Waals surface area contributed by atoms with Gasteiger partial charge in [-0.05, 0) is 6.07 Å². The molecule has 0 aliphatic heterocycles. The number of nitrogens with zero attached hydrogens (tertiary/aromatic N) is 2. The van der Waals surface area contributed by atoms with Gasteiger partial charge in [-0.15, -0.1) is 0 Å². The standard InChI is InChI=1S/C9H7ClN2O3/c10-7-2-11-12(3-7)4-8-1-6(5-15-8)9(13)14/h1-3,5H,4H2,(H,13,14). The molecule has 2 aromatic heterocycles. The van der Waals surface area contributed by atoms with Crippen LogP contribution < -0.4 is 0 Å². The van der Waals surface area contributed by atoms with Gasteiger partial charge in [0.05, 0.1) is 23.3 Å². The summed E-state index contributed by atoms with van der Waals surface area (Å²) in [5.74, 6) is -0.490. The Kier molecular flexibility index (Phi) is 2.47. The number of halogens is 1. The molecule has 0 unspecified atom stereocenters. The highest BCUT2D eigenvalue weighted by molar-refractivity contribution is 6.30. The third-order valence-corrected chi connectivity index (χ3v) is 2.02. The Bertz CT molecular complexity index is 489. The first kappa shape index (κ1) is 9.79. The van der Waals surface area contributed by atoms with Gasteiger partial charge in [0.1, 0.15) is 12.0 Å². The molecule has 0 amide bonds. The molecule has 1 N–H and O–H groups in total. The Labute approximate surface area is 89.9 Å². The van der Waals surface area contributed by atoms with Crippen LogP contribution in [0.1, 0.15) is 16.1 Å². The molecule has 0 spiro atoms. The summed E-state index contributed by atoms with van der Waals surface area (Å²) in [6.07, 6.45) is 4.33. The van der Waals surface area contributed by atoms with E-state index in [1.165, 1.54) is 18.5 Å². The number of carboxylic acid groups (broad SMARTS) is 1. The predicted octanol–water partition coefficient (Wildman–Crippen LogP) is 1.88. The second-order valence-corrected chi connectivity index (χ2v) is 3.40. The molecule has 0 aliphatic carbocycles. The lowest BCUT2D eigenvalue weighted by Crippen LogP contribution is -1.98. The van der Waals surface area contributed by atoms with Crippen LogP contribution in [-0.4, -0.2) is 20.9 Å². The van der Waals surface area contributed by atoms with Gasteiger partial charge in [0.25, 0.3) is 0 Å². The lowest BCUT2D eigenvalue weighted by Gasteiger charge is -1.95. The fourth-order valence-electron chi connectivity index (χ4n) is 1.16. The fraction of sp³-hybridized carbons (Fsp3) is 0.111. The molecular weight excluding hydrogens is 220 g/mol. The quantitative estimate of drug-likeness (QED) is 0.868. The number of carboxylic acids is 1. The molecule has 0 atom stereocenters. The van der Waals surface area contributed by atoms with Crippen LogP contribution in [0.5, 0.6) is 0 Å². The molecule has 0 fully saturated rings. The van der Waals surface area contributed by atoms with E-state index in [0.29, 0.717) is 17.3 Å². The van der Waals surface area contributed by atoms with Crippen LogP contribution in [0.4, 0.5) is 0 Å².